The van der Waals surface area contributed by atoms with E-state index in [1.54, 1.807) is 25.3 Å². The molecule has 220 valence electrons. The van der Waals surface area contributed by atoms with Gasteiger partial charge in [-0.25, -0.2) is 4.79 Å². The van der Waals surface area contributed by atoms with E-state index in [1.807, 2.05) is 30.3 Å². The molecule has 0 amide bonds. The van der Waals surface area contributed by atoms with Crippen LogP contribution in [0.25, 0.3) is 11.1 Å². The number of aliphatic hydroxyl groups excluding tert-OH is 1. The van der Waals surface area contributed by atoms with Crippen LogP contribution in [0.2, 0.25) is 0 Å². The Hall–Kier alpha value is -4.33. The number of ether oxygens (including phenoxy) is 3. The number of methoxy groups -OCH3 is 2. The Balaban J connectivity index is 1.29. The predicted octanol–water partition coefficient (Wildman–Crippen LogP) is 6.94. The minimum atomic E-state index is -0.769. The molecule has 0 heterocycles. The predicted molar refractivity (Wildman–Crippen MR) is 168 cm³/mol. The molecule has 4 aromatic rings. The van der Waals surface area contributed by atoms with Crippen LogP contribution in [0.15, 0.2) is 91.0 Å². The fourth-order valence-corrected chi connectivity index (χ4v) is 4.62. The lowest BCUT2D eigenvalue weighted by atomic mass is 10.0. The number of anilines is 2. The SMILES string of the molecule is CCCCOc1ccc([C@@H](O)CNCCc2ccc(Nc3ccc(OC)c(-c4ccccc4)c3)cc2)cc1C(=O)OC. The smallest absolute Gasteiger partial charge is 0.341 e. The zero-order valence-corrected chi connectivity index (χ0v) is 24.6. The van der Waals surface area contributed by atoms with Crippen LogP contribution in [0.4, 0.5) is 11.4 Å². The number of esters is 1. The summed E-state index contributed by atoms with van der Waals surface area (Å²) >= 11 is 0. The van der Waals surface area contributed by atoms with Crippen molar-refractivity contribution in [3.63, 3.8) is 0 Å². The van der Waals surface area contributed by atoms with Crippen LogP contribution >= 0.6 is 0 Å². The summed E-state index contributed by atoms with van der Waals surface area (Å²) in [5, 5.41) is 17.5. The Morgan fingerprint density at radius 1 is 0.881 bits per heavy atom. The molecule has 7 heteroatoms. The van der Waals surface area contributed by atoms with Gasteiger partial charge in [0.1, 0.15) is 17.1 Å². The van der Waals surface area contributed by atoms with Gasteiger partial charge in [0, 0.05) is 23.5 Å². The molecule has 42 heavy (non-hydrogen) atoms. The van der Waals surface area contributed by atoms with Gasteiger partial charge in [0.05, 0.1) is 26.9 Å². The number of hydrogen-bond donors (Lipinski definition) is 3. The van der Waals surface area contributed by atoms with Crippen molar-refractivity contribution in [3.8, 4) is 22.6 Å². The first-order valence-electron chi connectivity index (χ1n) is 14.4. The molecule has 4 rings (SSSR count). The molecule has 0 aliphatic heterocycles. The number of carbonyl (C=O) groups is 1. The second-order valence-electron chi connectivity index (χ2n) is 10.0. The number of carbonyl (C=O) groups excluding carboxylic acids is 1. The van der Waals surface area contributed by atoms with Gasteiger partial charge in [-0.3, -0.25) is 0 Å². The molecular formula is C35H40N2O5. The van der Waals surface area contributed by atoms with Gasteiger partial charge in [-0.1, -0.05) is 61.9 Å². The van der Waals surface area contributed by atoms with Gasteiger partial charge in [0.15, 0.2) is 0 Å². The molecule has 0 saturated heterocycles. The van der Waals surface area contributed by atoms with Crippen molar-refractivity contribution < 1.29 is 24.1 Å². The molecule has 0 aliphatic rings. The molecule has 0 unspecified atom stereocenters. The molecule has 0 bridgehead atoms. The van der Waals surface area contributed by atoms with Crippen LogP contribution in [0.5, 0.6) is 11.5 Å². The molecule has 0 aliphatic carbocycles. The summed E-state index contributed by atoms with van der Waals surface area (Å²) in [5.74, 6) is 0.822. The number of rotatable bonds is 15. The fraction of sp³-hybridized carbons (Fsp3) is 0.286. The maximum atomic E-state index is 12.3. The van der Waals surface area contributed by atoms with E-state index in [1.165, 1.54) is 12.7 Å². The third-order valence-electron chi connectivity index (χ3n) is 7.00. The van der Waals surface area contributed by atoms with Crippen molar-refractivity contribution in [2.75, 3.05) is 39.2 Å². The largest absolute Gasteiger partial charge is 0.496 e. The van der Waals surface area contributed by atoms with E-state index in [0.29, 0.717) is 36.6 Å². The lowest BCUT2D eigenvalue weighted by Gasteiger charge is -2.16. The second kappa shape index (κ2) is 15.6. The summed E-state index contributed by atoms with van der Waals surface area (Å²) in [6.45, 7) is 3.66. The molecule has 0 radical (unpaired) electrons. The van der Waals surface area contributed by atoms with Gasteiger partial charge in [-0.15, -0.1) is 0 Å². The average Bonchev–Trinajstić information content (AvgIpc) is 3.04. The van der Waals surface area contributed by atoms with E-state index < -0.39 is 12.1 Å². The Morgan fingerprint density at radius 2 is 1.62 bits per heavy atom. The van der Waals surface area contributed by atoms with Gasteiger partial charge in [-0.2, -0.15) is 0 Å². The molecule has 0 saturated carbocycles. The highest BCUT2D eigenvalue weighted by molar-refractivity contribution is 5.92. The van der Waals surface area contributed by atoms with E-state index in [0.717, 1.165) is 47.5 Å². The minimum Gasteiger partial charge on any atom is -0.496 e. The first-order chi connectivity index (χ1) is 20.5. The van der Waals surface area contributed by atoms with E-state index in [-0.39, 0.29) is 0 Å². The Bertz CT molecular complexity index is 1420. The molecule has 0 aromatic heterocycles. The van der Waals surface area contributed by atoms with E-state index in [2.05, 4.69) is 60.0 Å². The van der Waals surface area contributed by atoms with Gasteiger partial charge < -0.3 is 30.0 Å². The summed E-state index contributed by atoms with van der Waals surface area (Å²) in [6, 6.07) is 29.8. The highest BCUT2D eigenvalue weighted by Gasteiger charge is 2.17. The summed E-state index contributed by atoms with van der Waals surface area (Å²) in [6.07, 6.45) is 1.93. The molecule has 7 nitrogen and oxygen atoms in total. The summed E-state index contributed by atoms with van der Waals surface area (Å²) in [7, 11) is 3.03. The Labute approximate surface area is 248 Å². The lowest BCUT2D eigenvalue weighted by Crippen LogP contribution is -2.24. The van der Waals surface area contributed by atoms with E-state index in [4.69, 9.17) is 14.2 Å². The molecule has 0 spiro atoms. The second-order valence-corrected chi connectivity index (χ2v) is 10.0. The highest BCUT2D eigenvalue weighted by atomic mass is 16.5. The minimum absolute atomic E-state index is 0.324. The van der Waals surface area contributed by atoms with Crippen LogP contribution in [-0.2, 0) is 11.2 Å². The molecule has 1 atom stereocenters. The first-order valence-corrected chi connectivity index (χ1v) is 14.4. The lowest BCUT2D eigenvalue weighted by molar-refractivity contribution is 0.0595. The summed E-state index contributed by atoms with van der Waals surface area (Å²) in [5.41, 5.74) is 6.25. The van der Waals surface area contributed by atoms with Crippen molar-refractivity contribution in [2.45, 2.75) is 32.3 Å². The quantitative estimate of drug-likeness (QED) is 0.106. The van der Waals surface area contributed by atoms with E-state index in [9.17, 15) is 9.90 Å². The van der Waals surface area contributed by atoms with Gasteiger partial charge in [0.2, 0.25) is 0 Å². The molecule has 3 N–H and O–H groups in total. The zero-order valence-electron chi connectivity index (χ0n) is 24.6. The number of benzene rings is 4. The first kappa shape index (κ1) is 30.6. The van der Waals surface area contributed by atoms with Crippen molar-refractivity contribution in [2.24, 2.45) is 0 Å². The topological polar surface area (TPSA) is 89.0 Å². The van der Waals surface area contributed by atoms with Crippen molar-refractivity contribution >= 4 is 17.3 Å². The van der Waals surface area contributed by atoms with Crippen LogP contribution in [-0.4, -0.2) is 45.0 Å². The number of nitrogens with one attached hydrogen (secondary N) is 2. The molecule has 0 fully saturated rings. The zero-order chi connectivity index (χ0) is 29.7. The standard InChI is InChI=1S/C35H40N2O5/c1-4-5-21-42-34-17-13-27(22-31(34)35(39)41-3)32(38)24-36-20-19-25-11-14-28(15-12-25)37-29-16-18-33(40-2)30(23-29)26-9-7-6-8-10-26/h6-18,22-23,32,36-38H,4-5,19-21,24H2,1-3H3/t32-/m0/s1. The third-order valence-corrected chi connectivity index (χ3v) is 7.00. The molecular weight excluding hydrogens is 528 g/mol. The van der Waals surface area contributed by atoms with Crippen molar-refractivity contribution in [3.05, 3.63) is 108 Å². The Morgan fingerprint density at radius 3 is 2.33 bits per heavy atom. The number of unbranched alkanes of at least 4 members (excludes halogenated alkanes) is 1. The number of aliphatic hydroxyl groups is 1. The van der Waals surface area contributed by atoms with Crippen LogP contribution in [0.3, 0.4) is 0 Å². The fourth-order valence-electron chi connectivity index (χ4n) is 4.62. The maximum absolute atomic E-state index is 12.3. The monoisotopic (exact) mass is 568 g/mol. The van der Waals surface area contributed by atoms with Crippen LogP contribution in [0, 0.1) is 0 Å². The molecule has 4 aromatic carbocycles. The van der Waals surface area contributed by atoms with Crippen molar-refractivity contribution in [1.29, 1.82) is 0 Å². The van der Waals surface area contributed by atoms with Crippen LogP contribution in [0.1, 0.15) is 47.4 Å². The summed E-state index contributed by atoms with van der Waals surface area (Å²) < 4.78 is 16.2. The highest BCUT2D eigenvalue weighted by Crippen LogP contribution is 2.33. The normalized spacial score (nSPS) is 11.5. The number of hydrogen-bond acceptors (Lipinski definition) is 7. The summed E-state index contributed by atoms with van der Waals surface area (Å²) in [4.78, 5) is 12.3. The average molecular weight is 569 g/mol. The maximum Gasteiger partial charge on any atom is 0.341 e. The van der Waals surface area contributed by atoms with Gasteiger partial charge >= 0.3 is 5.97 Å². The van der Waals surface area contributed by atoms with E-state index >= 15 is 0 Å². The Kier molecular flexibility index (Phi) is 11.4. The third kappa shape index (κ3) is 8.35. The van der Waals surface area contributed by atoms with Gasteiger partial charge in [-0.05, 0) is 78.5 Å². The van der Waals surface area contributed by atoms with Gasteiger partial charge in [0.25, 0.3) is 0 Å². The van der Waals surface area contributed by atoms with Crippen molar-refractivity contribution in [1.82, 2.24) is 5.32 Å². The van der Waals surface area contributed by atoms with Crippen LogP contribution < -0.4 is 20.1 Å².